The summed E-state index contributed by atoms with van der Waals surface area (Å²) in [4.78, 5) is -0.761. The van der Waals surface area contributed by atoms with Crippen LogP contribution in [-0.2, 0) is 16.2 Å². The van der Waals surface area contributed by atoms with Gasteiger partial charge in [-0.3, -0.25) is 0 Å². The lowest BCUT2D eigenvalue weighted by atomic mass is 10.2. The van der Waals surface area contributed by atoms with Crippen molar-refractivity contribution in [3.63, 3.8) is 0 Å². The van der Waals surface area contributed by atoms with Crippen LogP contribution in [-0.4, -0.2) is 14.5 Å². The summed E-state index contributed by atoms with van der Waals surface area (Å²) in [5.74, 6) is -1.57. The molecule has 104 valence electrons. The Labute approximate surface area is 106 Å². The highest BCUT2D eigenvalue weighted by Crippen LogP contribution is 2.32. The van der Waals surface area contributed by atoms with Gasteiger partial charge in [-0.05, 0) is 25.1 Å². The number of benzene rings is 1. The van der Waals surface area contributed by atoms with E-state index in [0.29, 0.717) is 12.1 Å². The minimum Gasteiger partial charge on any atom is -0.207 e. The molecule has 0 saturated heterocycles. The van der Waals surface area contributed by atoms with Crippen LogP contribution < -0.4 is 4.72 Å². The van der Waals surface area contributed by atoms with E-state index in [1.165, 1.54) is 6.92 Å². The highest BCUT2D eigenvalue weighted by Gasteiger charge is 2.35. The second-order valence-electron chi connectivity index (χ2n) is 3.61. The van der Waals surface area contributed by atoms with Crippen LogP contribution in [0.2, 0.25) is 0 Å². The van der Waals surface area contributed by atoms with E-state index in [9.17, 15) is 26.0 Å². The van der Waals surface area contributed by atoms with E-state index in [0.717, 1.165) is 0 Å². The average Bonchev–Trinajstić information content (AvgIpc) is 2.26. The molecule has 0 aliphatic carbocycles. The lowest BCUT2D eigenvalue weighted by Crippen LogP contribution is -2.31. The Bertz CT molecular complexity index is 619. The van der Waals surface area contributed by atoms with E-state index in [2.05, 4.69) is 0 Å². The summed E-state index contributed by atoms with van der Waals surface area (Å²) in [5.41, 5.74) is -1.68. The molecule has 1 aromatic carbocycles. The molecule has 0 fully saturated rings. The maximum absolute atomic E-state index is 13.0. The molecule has 0 aliphatic heterocycles. The summed E-state index contributed by atoms with van der Waals surface area (Å²) in [6.07, 6.45) is -5.00. The monoisotopic (exact) mass is 296 g/mol. The highest BCUT2D eigenvalue weighted by atomic mass is 32.2. The van der Waals surface area contributed by atoms with Crippen LogP contribution in [0.15, 0.2) is 23.1 Å². The summed E-state index contributed by atoms with van der Waals surface area (Å²) in [7, 11) is -4.31. The average molecular weight is 296 g/mol. The molecule has 0 aromatic heterocycles. The maximum Gasteiger partial charge on any atom is 0.419 e. The summed E-state index contributed by atoms with van der Waals surface area (Å²) < 4.78 is 75.4. The Hall–Kier alpha value is -1.66. The van der Waals surface area contributed by atoms with Crippen molar-refractivity contribution in [3.05, 3.63) is 29.6 Å². The Morgan fingerprint density at radius 2 is 1.95 bits per heavy atom. The molecule has 0 radical (unpaired) electrons. The van der Waals surface area contributed by atoms with Gasteiger partial charge in [0.15, 0.2) is 0 Å². The first kappa shape index (κ1) is 15.4. The van der Waals surface area contributed by atoms with E-state index in [1.54, 1.807) is 6.07 Å². The number of rotatable bonds is 3. The minimum absolute atomic E-state index is 0.182. The van der Waals surface area contributed by atoms with E-state index in [1.807, 2.05) is 4.72 Å². The molecule has 1 aromatic rings. The van der Waals surface area contributed by atoms with Crippen molar-refractivity contribution >= 4 is 10.0 Å². The molecule has 4 nitrogen and oxygen atoms in total. The highest BCUT2D eigenvalue weighted by molar-refractivity contribution is 7.89. The van der Waals surface area contributed by atoms with E-state index in [-0.39, 0.29) is 6.07 Å². The van der Waals surface area contributed by atoms with E-state index < -0.39 is 38.5 Å². The van der Waals surface area contributed by atoms with Crippen LogP contribution in [0, 0.1) is 17.1 Å². The van der Waals surface area contributed by atoms with Gasteiger partial charge in [-0.1, -0.05) is 0 Å². The van der Waals surface area contributed by atoms with Crippen molar-refractivity contribution in [2.75, 3.05) is 0 Å². The molecule has 1 rings (SSSR count). The molecule has 9 heteroatoms. The van der Waals surface area contributed by atoms with Gasteiger partial charge in [-0.15, -0.1) is 0 Å². The van der Waals surface area contributed by atoms with E-state index >= 15 is 0 Å². The molecule has 0 spiro atoms. The fourth-order valence-corrected chi connectivity index (χ4v) is 2.39. The van der Waals surface area contributed by atoms with Crippen molar-refractivity contribution in [2.45, 2.75) is 24.0 Å². The number of nitrogens with zero attached hydrogens (tertiary/aromatic N) is 1. The van der Waals surface area contributed by atoms with Crippen LogP contribution in [0.1, 0.15) is 12.5 Å². The zero-order valence-electron chi connectivity index (χ0n) is 9.49. The maximum atomic E-state index is 13.0. The van der Waals surface area contributed by atoms with Gasteiger partial charge in [0, 0.05) is 0 Å². The zero-order valence-corrected chi connectivity index (χ0v) is 10.3. The predicted molar refractivity (Wildman–Crippen MR) is 56.8 cm³/mol. The van der Waals surface area contributed by atoms with Crippen molar-refractivity contribution in [1.82, 2.24) is 4.72 Å². The zero-order chi connectivity index (χ0) is 14.8. The van der Waals surface area contributed by atoms with Gasteiger partial charge in [-0.2, -0.15) is 23.2 Å². The smallest absolute Gasteiger partial charge is 0.207 e. The van der Waals surface area contributed by atoms with Gasteiger partial charge in [0.1, 0.15) is 11.9 Å². The first-order chi connectivity index (χ1) is 8.58. The Morgan fingerprint density at radius 3 is 2.42 bits per heavy atom. The van der Waals surface area contributed by atoms with Crippen molar-refractivity contribution in [3.8, 4) is 6.07 Å². The Balaban J connectivity index is 3.28. The van der Waals surface area contributed by atoms with Gasteiger partial charge in [0.2, 0.25) is 10.0 Å². The van der Waals surface area contributed by atoms with Crippen LogP contribution in [0.25, 0.3) is 0 Å². The first-order valence-corrected chi connectivity index (χ1v) is 6.35. The fraction of sp³-hybridized carbons (Fsp3) is 0.300. The molecule has 0 unspecified atom stereocenters. The fourth-order valence-electron chi connectivity index (χ4n) is 1.22. The second kappa shape index (κ2) is 5.14. The third-order valence-corrected chi connectivity index (χ3v) is 3.62. The van der Waals surface area contributed by atoms with Crippen LogP contribution in [0.3, 0.4) is 0 Å². The largest absolute Gasteiger partial charge is 0.419 e. The lowest BCUT2D eigenvalue weighted by molar-refractivity contribution is -0.140. The minimum atomic E-state index is -5.00. The molecule has 0 amide bonds. The lowest BCUT2D eigenvalue weighted by Gasteiger charge is -2.11. The van der Waals surface area contributed by atoms with Crippen molar-refractivity contribution in [2.24, 2.45) is 0 Å². The van der Waals surface area contributed by atoms with Gasteiger partial charge in [-0.25, -0.2) is 12.8 Å². The third kappa shape index (κ3) is 3.65. The molecule has 1 N–H and O–H groups in total. The van der Waals surface area contributed by atoms with Gasteiger partial charge in [0.05, 0.1) is 16.5 Å². The van der Waals surface area contributed by atoms with Crippen molar-refractivity contribution in [1.29, 1.82) is 5.26 Å². The third-order valence-electron chi connectivity index (χ3n) is 2.08. The number of hydrogen-bond acceptors (Lipinski definition) is 3. The molecule has 0 bridgehead atoms. The summed E-state index contributed by atoms with van der Waals surface area (Å²) in [5, 5.41) is 8.46. The quantitative estimate of drug-likeness (QED) is 0.868. The molecule has 0 heterocycles. The van der Waals surface area contributed by atoms with Crippen LogP contribution in [0.5, 0.6) is 0 Å². The number of sulfonamides is 1. The first-order valence-electron chi connectivity index (χ1n) is 4.86. The number of alkyl halides is 3. The molecule has 0 aliphatic rings. The molecular formula is C10H8F4N2O2S. The van der Waals surface area contributed by atoms with Gasteiger partial charge in [0.25, 0.3) is 0 Å². The van der Waals surface area contributed by atoms with E-state index in [4.69, 9.17) is 5.26 Å². The summed E-state index contributed by atoms with van der Waals surface area (Å²) >= 11 is 0. The summed E-state index contributed by atoms with van der Waals surface area (Å²) in [6, 6.07) is 1.72. The number of halogens is 4. The molecule has 1 atom stereocenters. The molecule has 0 saturated carbocycles. The predicted octanol–water partition coefficient (Wildman–Crippen LogP) is 2.03. The normalized spacial score (nSPS) is 13.9. The number of nitrogens with one attached hydrogen (secondary N) is 1. The van der Waals surface area contributed by atoms with Crippen LogP contribution >= 0.6 is 0 Å². The van der Waals surface area contributed by atoms with Gasteiger partial charge < -0.3 is 0 Å². The van der Waals surface area contributed by atoms with Crippen molar-refractivity contribution < 1.29 is 26.0 Å². The van der Waals surface area contributed by atoms with Gasteiger partial charge >= 0.3 is 6.18 Å². The second-order valence-corrected chi connectivity index (χ2v) is 5.33. The van der Waals surface area contributed by atoms with Crippen LogP contribution in [0.4, 0.5) is 17.6 Å². The molecular weight excluding hydrogens is 288 g/mol. The SMILES string of the molecule is C[C@H](C#N)NS(=O)(=O)c1ccc(F)c(C(F)(F)F)c1. The number of hydrogen-bond donors (Lipinski definition) is 1. The standard InChI is InChI=1S/C10H8F4N2O2S/c1-6(5-15)16-19(17,18)7-2-3-9(11)8(4-7)10(12,13)14/h2-4,6,16H,1H3/t6-/m1/s1. The topological polar surface area (TPSA) is 70.0 Å². The number of nitriles is 1. The molecule has 19 heavy (non-hydrogen) atoms. The Kier molecular flexibility index (Phi) is 4.17. The summed E-state index contributed by atoms with van der Waals surface area (Å²) in [6.45, 7) is 1.21. The Morgan fingerprint density at radius 1 is 1.37 bits per heavy atom.